The molecule has 0 aliphatic heterocycles. The van der Waals surface area contributed by atoms with Crippen molar-refractivity contribution >= 4 is 17.7 Å². The topological polar surface area (TPSA) is 67.4 Å². The molecule has 5 heteroatoms. The van der Waals surface area contributed by atoms with Crippen LogP contribution in [0.2, 0.25) is 0 Å². The van der Waals surface area contributed by atoms with Crippen LogP contribution >= 0.6 is 0 Å². The van der Waals surface area contributed by atoms with E-state index in [1.165, 1.54) is 0 Å². The van der Waals surface area contributed by atoms with Gasteiger partial charge in [0.1, 0.15) is 11.6 Å². The van der Waals surface area contributed by atoms with E-state index in [1.807, 2.05) is 32.0 Å². The van der Waals surface area contributed by atoms with Gasteiger partial charge in [-0.15, -0.1) is 0 Å². The van der Waals surface area contributed by atoms with Gasteiger partial charge in [-0.1, -0.05) is 12.1 Å². The lowest BCUT2D eigenvalue weighted by Crippen LogP contribution is -2.44. The molecule has 116 valence electrons. The van der Waals surface area contributed by atoms with Crippen molar-refractivity contribution in [2.75, 3.05) is 5.32 Å². The highest BCUT2D eigenvalue weighted by molar-refractivity contribution is 5.96. The molecule has 0 saturated carbocycles. The van der Waals surface area contributed by atoms with Crippen molar-refractivity contribution in [2.45, 2.75) is 53.2 Å². The molecule has 0 bridgehead atoms. The molecule has 0 fully saturated rings. The number of rotatable bonds is 3. The molecule has 1 unspecified atom stereocenters. The number of hydrogen-bond acceptors (Lipinski definition) is 3. The summed E-state index contributed by atoms with van der Waals surface area (Å²) >= 11 is 0. The van der Waals surface area contributed by atoms with Gasteiger partial charge >= 0.3 is 6.09 Å². The smallest absolute Gasteiger partial charge is 0.408 e. The predicted octanol–water partition coefficient (Wildman–Crippen LogP) is 3.16. The van der Waals surface area contributed by atoms with Crippen LogP contribution in [0.4, 0.5) is 10.5 Å². The van der Waals surface area contributed by atoms with E-state index in [9.17, 15) is 9.59 Å². The molecule has 5 nitrogen and oxygen atoms in total. The van der Waals surface area contributed by atoms with E-state index in [1.54, 1.807) is 27.7 Å². The summed E-state index contributed by atoms with van der Waals surface area (Å²) in [6.45, 7) is 10.9. The fraction of sp³-hybridized carbons (Fsp3) is 0.500. The molecule has 1 aromatic rings. The van der Waals surface area contributed by atoms with E-state index < -0.39 is 17.7 Å². The Kier molecular flexibility index (Phi) is 5.35. The molecular weight excluding hydrogens is 268 g/mol. The van der Waals surface area contributed by atoms with Gasteiger partial charge in [-0.3, -0.25) is 4.79 Å². The van der Waals surface area contributed by atoms with E-state index in [0.29, 0.717) is 0 Å². The number of hydrogen-bond donors (Lipinski definition) is 2. The molecule has 0 aromatic heterocycles. The normalized spacial score (nSPS) is 12.5. The molecule has 1 aromatic carbocycles. The summed E-state index contributed by atoms with van der Waals surface area (Å²) in [4.78, 5) is 23.7. The SMILES string of the molecule is Cc1cccc(NC(=O)C(C)NC(=O)OC(C)(C)C)c1C. The molecule has 0 heterocycles. The van der Waals surface area contributed by atoms with E-state index in [0.717, 1.165) is 16.8 Å². The van der Waals surface area contributed by atoms with Crippen LogP contribution in [0.3, 0.4) is 0 Å². The first kappa shape index (κ1) is 17.0. The number of alkyl carbamates (subject to hydrolysis) is 1. The number of aryl methyl sites for hydroxylation is 1. The lowest BCUT2D eigenvalue weighted by Gasteiger charge is -2.22. The zero-order chi connectivity index (χ0) is 16.2. The highest BCUT2D eigenvalue weighted by Gasteiger charge is 2.21. The Labute approximate surface area is 126 Å². The largest absolute Gasteiger partial charge is 0.444 e. The number of ether oxygens (including phenoxy) is 1. The van der Waals surface area contributed by atoms with Gasteiger partial charge in [-0.2, -0.15) is 0 Å². The summed E-state index contributed by atoms with van der Waals surface area (Å²) in [5, 5.41) is 5.33. The maximum atomic E-state index is 12.1. The minimum atomic E-state index is -0.681. The number of carbonyl (C=O) groups is 2. The van der Waals surface area contributed by atoms with Gasteiger partial charge in [0.05, 0.1) is 0 Å². The van der Waals surface area contributed by atoms with Gasteiger partial charge in [0, 0.05) is 5.69 Å². The second kappa shape index (κ2) is 6.61. The Morgan fingerprint density at radius 1 is 1.19 bits per heavy atom. The van der Waals surface area contributed by atoms with Gasteiger partial charge in [0.25, 0.3) is 0 Å². The maximum absolute atomic E-state index is 12.1. The Bertz CT molecular complexity index is 533. The van der Waals surface area contributed by atoms with Crippen LogP contribution in [0, 0.1) is 13.8 Å². The molecule has 1 rings (SSSR count). The number of benzene rings is 1. The lowest BCUT2D eigenvalue weighted by molar-refractivity contribution is -0.117. The second-order valence-corrected chi connectivity index (χ2v) is 6.10. The highest BCUT2D eigenvalue weighted by atomic mass is 16.6. The van der Waals surface area contributed by atoms with Crippen molar-refractivity contribution in [3.63, 3.8) is 0 Å². The molecule has 0 radical (unpaired) electrons. The third kappa shape index (κ3) is 5.45. The Balaban J connectivity index is 2.63. The molecule has 2 amide bonds. The summed E-state index contributed by atoms with van der Waals surface area (Å²) in [6.07, 6.45) is -0.605. The summed E-state index contributed by atoms with van der Waals surface area (Å²) in [5.41, 5.74) is 2.27. The second-order valence-electron chi connectivity index (χ2n) is 6.10. The zero-order valence-electron chi connectivity index (χ0n) is 13.5. The molecule has 0 aliphatic carbocycles. The predicted molar refractivity (Wildman–Crippen MR) is 83.4 cm³/mol. The Morgan fingerprint density at radius 3 is 2.38 bits per heavy atom. The summed E-state index contributed by atoms with van der Waals surface area (Å²) < 4.78 is 5.12. The highest BCUT2D eigenvalue weighted by Crippen LogP contribution is 2.18. The van der Waals surface area contributed by atoms with Gasteiger partial charge in [0.15, 0.2) is 0 Å². The van der Waals surface area contributed by atoms with E-state index in [4.69, 9.17) is 4.74 Å². The van der Waals surface area contributed by atoms with Crippen molar-refractivity contribution in [3.8, 4) is 0 Å². The monoisotopic (exact) mass is 292 g/mol. The minimum absolute atomic E-state index is 0.283. The third-order valence-electron chi connectivity index (χ3n) is 2.99. The first-order valence-electron chi connectivity index (χ1n) is 6.97. The molecule has 1 atom stereocenters. The van der Waals surface area contributed by atoms with Gasteiger partial charge < -0.3 is 15.4 Å². The molecule has 0 spiro atoms. The van der Waals surface area contributed by atoms with Crippen molar-refractivity contribution < 1.29 is 14.3 Å². The van der Waals surface area contributed by atoms with Crippen LogP contribution in [0.25, 0.3) is 0 Å². The van der Waals surface area contributed by atoms with Crippen LogP contribution < -0.4 is 10.6 Å². The quantitative estimate of drug-likeness (QED) is 0.899. The van der Waals surface area contributed by atoms with Crippen molar-refractivity contribution in [3.05, 3.63) is 29.3 Å². The van der Waals surface area contributed by atoms with E-state index in [-0.39, 0.29) is 5.91 Å². The van der Waals surface area contributed by atoms with Crippen molar-refractivity contribution in [1.82, 2.24) is 5.32 Å². The van der Waals surface area contributed by atoms with Crippen molar-refractivity contribution in [2.24, 2.45) is 0 Å². The molecule has 2 N–H and O–H groups in total. The summed E-state index contributed by atoms with van der Waals surface area (Å²) in [7, 11) is 0. The molecule has 0 saturated heterocycles. The first-order chi connectivity index (χ1) is 9.60. The van der Waals surface area contributed by atoms with Crippen LogP contribution in [0.1, 0.15) is 38.8 Å². The fourth-order valence-corrected chi connectivity index (χ4v) is 1.68. The maximum Gasteiger partial charge on any atom is 0.408 e. The number of anilines is 1. The van der Waals surface area contributed by atoms with Gasteiger partial charge in [-0.25, -0.2) is 4.79 Å². The molecule has 0 aliphatic rings. The van der Waals surface area contributed by atoms with Crippen LogP contribution in [0.15, 0.2) is 18.2 Å². The average molecular weight is 292 g/mol. The average Bonchev–Trinajstić information content (AvgIpc) is 2.32. The van der Waals surface area contributed by atoms with Crippen LogP contribution in [0.5, 0.6) is 0 Å². The standard InChI is InChI=1S/C16H24N2O3/c1-10-8-7-9-13(11(10)2)18-14(19)12(3)17-15(20)21-16(4,5)6/h7-9,12H,1-6H3,(H,17,20)(H,18,19). The van der Waals surface area contributed by atoms with Crippen LogP contribution in [-0.2, 0) is 9.53 Å². The Hall–Kier alpha value is -2.04. The van der Waals surface area contributed by atoms with Crippen molar-refractivity contribution in [1.29, 1.82) is 0 Å². The summed E-state index contributed by atoms with van der Waals surface area (Å²) in [6, 6.07) is 5.01. The lowest BCUT2D eigenvalue weighted by atomic mass is 10.1. The van der Waals surface area contributed by atoms with E-state index >= 15 is 0 Å². The van der Waals surface area contributed by atoms with E-state index in [2.05, 4.69) is 10.6 Å². The Morgan fingerprint density at radius 2 is 1.81 bits per heavy atom. The number of nitrogens with one attached hydrogen (secondary N) is 2. The number of carbonyl (C=O) groups excluding carboxylic acids is 2. The summed E-state index contributed by atoms with van der Waals surface area (Å²) in [5.74, 6) is -0.283. The molecular formula is C16H24N2O3. The zero-order valence-corrected chi connectivity index (χ0v) is 13.5. The fourth-order valence-electron chi connectivity index (χ4n) is 1.68. The third-order valence-corrected chi connectivity index (χ3v) is 2.99. The van der Waals surface area contributed by atoms with Gasteiger partial charge in [-0.05, 0) is 58.7 Å². The number of amides is 2. The van der Waals surface area contributed by atoms with Gasteiger partial charge in [0.2, 0.25) is 5.91 Å². The van der Waals surface area contributed by atoms with Crippen LogP contribution in [-0.4, -0.2) is 23.6 Å². The molecule has 21 heavy (non-hydrogen) atoms. The minimum Gasteiger partial charge on any atom is -0.444 e. The first-order valence-corrected chi connectivity index (χ1v) is 6.97.